The molecule has 2 aliphatic carbocycles. The van der Waals surface area contributed by atoms with E-state index in [1.165, 1.54) is 65.7 Å². The molecule has 1 saturated heterocycles. The molecule has 0 bridgehead atoms. The molecule has 1 amide bonds. The fraction of sp³-hybridized carbons (Fsp3) is 0.857. The summed E-state index contributed by atoms with van der Waals surface area (Å²) in [5.74, 6) is 5.92. The Balaban J connectivity index is 0.000000459. The summed E-state index contributed by atoms with van der Waals surface area (Å²) < 4.78 is 31.1. The Kier molecular flexibility index (Phi) is 21.9. The van der Waals surface area contributed by atoms with Crippen molar-refractivity contribution in [1.29, 1.82) is 0 Å². The number of hydrogen-bond acceptors (Lipinski definition) is 5. The van der Waals surface area contributed by atoms with E-state index in [1.54, 1.807) is 0 Å². The number of hydrogen-bond donors (Lipinski definition) is 1. The molecule has 2 heterocycles. The summed E-state index contributed by atoms with van der Waals surface area (Å²) in [6.07, 6.45) is 14.9. The van der Waals surface area contributed by atoms with Crippen LogP contribution in [0.3, 0.4) is 0 Å². The monoisotopic (exact) mass is 581 g/mol. The lowest BCUT2D eigenvalue weighted by atomic mass is 10.3. The number of amides is 1. The van der Waals surface area contributed by atoms with Gasteiger partial charge < -0.3 is 10.0 Å². The summed E-state index contributed by atoms with van der Waals surface area (Å²) in [6.45, 7) is 0. The third-order valence-corrected chi connectivity index (χ3v) is 11.7. The number of carbonyl (C=O) groups is 2. The quantitative estimate of drug-likeness (QED) is 0.182. The predicted octanol–water partition coefficient (Wildman–Crippen LogP) is 3.20. The van der Waals surface area contributed by atoms with Gasteiger partial charge in [0.25, 0.3) is 0 Å². The molecule has 198 valence electrons. The van der Waals surface area contributed by atoms with Gasteiger partial charge in [-0.3, -0.25) is 22.5 Å². The second-order valence-corrected chi connectivity index (χ2v) is 14.1. The van der Waals surface area contributed by atoms with E-state index in [2.05, 4.69) is 38.1 Å². The maximum absolute atomic E-state index is 11.1. The molecule has 1 unspecified atom stereocenters. The van der Waals surface area contributed by atoms with Gasteiger partial charge >= 0.3 is 7.54 Å². The number of carbonyl (C=O) groups excluding carboxylic acids is 2. The molecule has 2 saturated carbocycles. The molecule has 0 aromatic heterocycles. The highest BCUT2D eigenvalue weighted by Crippen LogP contribution is 2.52. The Bertz CT molecular complexity index is 584. The van der Waals surface area contributed by atoms with E-state index in [9.17, 15) is 22.5 Å². The van der Waals surface area contributed by atoms with Crippen LogP contribution >= 0.6 is 44.5 Å². The zero-order chi connectivity index (χ0) is 24.4. The molecule has 13 heteroatoms. The van der Waals surface area contributed by atoms with E-state index < -0.39 is 7.54 Å². The van der Waals surface area contributed by atoms with Gasteiger partial charge in [0.1, 0.15) is 5.78 Å². The Morgan fingerprint density at radius 3 is 2.03 bits per heavy atom. The molecule has 4 aliphatic rings. The van der Waals surface area contributed by atoms with E-state index >= 15 is 0 Å². The van der Waals surface area contributed by atoms with Gasteiger partial charge in [-0.15, -0.1) is 32.8 Å². The van der Waals surface area contributed by atoms with Gasteiger partial charge in [-0.2, -0.15) is 0 Å². The van der Waals surface area contributed by atoms with Crippen LogP contribution in [0.25, 0.3) is 0 Å². The van der Waals surface area contributed by atoms with Crippen molar-refractivity contribution in [3.8, 4) is 0 Å². The Morgan fingerprint density at radius 1 is 1.00 bits per heavy atom. The molecule has 1 atom stereocenters. The minimum Gasteiger partial charge on any atom is -1.00 e. The van der Waals surface area contributed by atoms with Crippen LogP contribution in [-0.4, -0.2) is 56.8 Å². The molecular weight excluding hydrogens is 544 g/mol. The lowest BCUT2D eigenvalue weighted by Gasteiger charge is -2.31. The number of ketones is 1. The van der Waals surface area contributed by atoms with Gasteiger partial charge in [0, 0.05) is 44.1 Å². The number of thioether (sulfide) groups is 3. The SMILES string of the molecule is C1CSC2(CCCC2)SC1.FB(F)F.O=C(CCC1=[S+]CCCS1)NCP.O=C1CCCC1.[F-]. The Hall–Kier alpha value is 0.495. The molecule has 4 rings (SSSR count). The van der Waals surface area contributed by atoms with E-state index in [0.717, 1.165) is 32.1 Å². The zero-order valence-electron chi connectivity index (χ0n) is 19.6. The van der Waals surface area contributed by atoms with Crippen LogP contribution in [-0.2, 0) is 20.9 Å². The van der Waals surface area contributed by atoms with E-state index in [0.29, 0.717) is 22.6 Å². The van der Waals surface area contributed by atoms with Gasteiger partial charge in [0.15, 0.2) is 17.1 Å². The van der Waals surface area contributed by atoms with Crippen molar-refractivity contribution in [2.24, 2.45) is 0 Å². The first-order valence-corrected chi connectivity index (χ1v) is 16.4. The Labute approximate surface area is 221 Å². The second kappa shape index (κ2) is 21.6. The third kappa shape index (κ3) is 17.8. The first kappa shape index (κ1) is 34.5. The first-order chi connectivity index (χ1) is 15.9. The molecule has 0 aromatic carbocycles. The lowest BCUT2D eigenvalue weighted by molar-refractivity contribution is -0.120. The number of halogens is 4. The van der Waals surface area contributed by atoms with Crippen LogP contribution in [0, 0.1) is 0 Å². The number of rotatable bonds is 4. The zero-order valence-corrected chi connectivity index (χ0v) is 24.1. The minimum atomic E-state index is -3.67. The largest absolute Gasteiger partial charge is 1.00 e. The van der Waals surface area contributed by atoms with Gasteiger partial charge in [0.2, 0.25) is 10.1 Å². The van der Waals surface area contributed by atoms with Gasteiger partial charge in [-0.25, -0.2) is 0 Å². The van der Waals surface area contributed by atoms with E-state index in [4.69, 9.17) is 0 Å². The van der Waals surface area contributed by atoms with Crippen LogP contribution in [0.5, 0.6) is 0 Å². The molecule has 3 nitrogen and oxygen atoms in total. The summed E-state index contributed by atoms with van der Waals surface area (Å²) in [7, 11) is -1.17. The van der Waals surface area contributed by atoms with Crippen molar-refractivity contribution >= 4 is 79.3 Å². The first-order valence-electron chi connectivity index (χ1n) is 11.7. The highest BCUT2D eigenvalue weighted by Gasteiger charge is 2.36. The average Bonchev–Trinajstić information content (AvgIpc) is 3.46. The van der Waals surface area contributed by atoms with Gasteiger partial charge in [-0.1, -0.05) is 24.6 Å². The van der Waals surface area contributed by atoms with Crippen molar-refractivity contribution in [1.82, 2.24) is 5.32 Å². The summed E-state index contributed by atoms with van der Waals surface area (Å²) in [5.41, 5.74) is 0. The molecule has 0 radical (unpaired) electrons. The van der Waals surface area contributed by atoms with Crippen molar-refractivity contribution in [3.63, 3.8) is 0 Å². The summed E-state index contributed by atoms with van der Waals surface area (Å²) in [6, 6.07) is 0. The maximum Gasteiger partial charge on any atom is 0.762 e. The van der Waals surface area contributed by atoms with E-state index in [1.807, 2.05) is 23.1 Å². The summed E-state index contributed by atoms with van der Waals surface area (Å²) >= 11 is 8.31. The van der Waals surface area contributed by atoms with Gasteiger partial charge in [-0.05, 0) is 43.6 Å². The molecule has 3 fully saturated rings. The minimum absolute atomic E-state index is 0. The predicted molar refractivity (Wildman–Crippen MR) is 150 cm³/mol. The smallest absolute Gasteiger partial charge is 0.762 e. The van der Waals surface area contributed by atoms with Gasteiger partial charge in [0.05, 0.1) is 4.08 Å². The molecule has 1 N–H and O–H groups in total. The van der Waals surface area contributed by atoms with Crippen molar-refractivity contribution in [3.05, 3.63) is 0 Å². The van der Waals surface area contributed by atoms with Crippen LogP contribution in [0.15, 0.2) is 0 Å². The van der Waals surface area contributed by atoms with Crippen molar-refractivity contribution < 1.29 is 27.2 Å². The number of nitrogens with one attached hydrogen (secondary N) is 1. The standard InChI is InChI=1S/C8H14NOPS2.C8H14S2.C5H8O.BF3.FH/c10-7(9-6-11)2-3-8-12-4-1-5-13-8;1-2-5-8(4-1)9-6-3-7-10-8;6-5-3-1-2-4-5;2-1(3)4;/h1-6,11H2;1-7H2;1-4H2;;1H. The topological polar surface area (TPSA) is 46.2 Å². The molecule has 0 aromatic rings. The lowest BCUT2D eigenvalue weighted by Crippen LogP contribution is -3.00. The number of Topliss-reactive ketones (excluding diaryl/α,β-unsaturated/α-hetero) is 1. The fourth-order valence-electron chi connectivity index (χ4n) is 3.62. The summed E-state index contributed by atoms with van der Waals surface area (Å²) in [4.78, 5) is 21.4. The van der Waals surface area contributed by atoms with Crippen LogP contribution < -0.4 is 10.0 Å². The normalized spacial score (nSPS) is 20.2. The average molecular weight is 582 g/mol. The van der Waals surface area contributed by atoms with Crippen molar-refractivity contribution in [2.45, 2.75) is 81.1 Å². The van der Waals surface area contributed by atoms with E-state index in [-0.39, 0.29) is 10.6 Å². The molecule has 34 heavy (non-hydrogen) atoms. The summed E-state index contributed by atoms with van der Waals surface area (Å²) in [5, 5.41) is 2.78. The molecule has 1 spiro atoms. The molecule has 2 aliphatic heterocycles. The Morgan fingerprint density at radius 2 is 1.59 bits per heavy atom. The van der Waals surface area contributed by atoms with Crippen molar-refractivity contribution in [2.75, 3.05) is 29.3 Å². The highest BCUT2D eigenvalue weighted by atomic mass is 32.2. The maximum atomic E-state index is 11.1. The highest BCUT2D eigenvalue weighted by molar-refractivity contribution is 8.22. The fourth-order valence-corrected chi connectivity index (χ4v) is 9.88. The van der Waals surface area contributed by atoms with Crippen LogP contribution in [0.4, 0.5) is 12.9 Å². The van der Waals surface area contributed by atoms with Crippen LogP contribution in [0.1, 0.15) is 77.0 Å². The van der Waals surface area contributed by atoms with Crippen LogP contribution in [0.2, 0.25) is 0 Å². The molecular formula is C21H37BF4NO2PS4. The third-order valence-electron chi connectivity index (χ3n) is 5.22. The second-order valence-electron chi connectivity index (χ2n) is 7.89.